The zero-order chi connectivity index (χ0) is 25.1. The molecule has 0 aliphatic carbocycles. The standard InChI is InChI=1S/C27H23IN2O5S/c28-22-14-18(6-8-23(22)35-17-19-5-7-20-3-1-2-4-21(20)13-19)15-24-26(32)30(27(33)36-24)16-25(31)29-9-11-34-12-10-29/h1-8,13-15H,9-12,16-17H2/b24-15+. The average Bonchev–Trinajstić information content (AvgIpc) is 3.15. The van der Waals surface area contributed by atoms with E-state index in [4.69, 9.17) is 9.47 Å². The Labute approximate surface area is 226 Å². The van der Waals surface area contributed by atoms with Gasteiger partial charge in [0.2, 0.25) is 5.91 Å². The molecule has 3 aromatic carbocycles. The fraction of sp³-hybridized carbons (Fsp3) is 0.222. The number of halogens is 1. The molecule has 36 heavy (non-hydrogen) atoms. The number of morpholine rings is 1. The van der Waals surface area contributed by atoms with Crippen molar-refractivity contribution in [3.05, 3.63) is 80.3 Å². The lowest BCUT2D eigenvalue weighted by Gasteiger charge is -2.28. The molecule has 2 heterocycles. The van der Waals surface area contributed by atoms with Crippen LogP contribution in [-0.2, 0) is 20.9 Å². The first kappa shape index (κ1) is 24.8. The van der Waals surface area contributed by atoms with Crippen LogP contribution in [0.3, 0.4) is 0 Å². The maximum atomic E-state index is 12.8. The fourth-order valence-corrected chi connectivity index (χ4v) is 5.58. The SMILES string of the molecule is O=C(CN1C(=O)S/C(=C/c2ccc(OCc3ccc4ccccc4c3)c(I)c2)C1=O)N1CCOCC1. The van der Waals surface area contributed by atoms with E-state index in [1.807, 2.05) is 30.3 Å². The van der Waals surface area contributed by atoms with E-state index in [1.165, 1.54) is 10.8 Å². The van der Waals surface area contributed by atoms with Crippen molar-refractivity contribution in [2.24, 2.45) is 0 Å². The van der Waals surface area contributed by atoms with Gasteiger partial charge in [-0.15, -0.1) is 0 Å². The highest BCUT2D eigenvalue weighted by Crippen LogP contribution is 2.33. The van der Waals surface area contributed by atoms with Crippen LogP contribution in [0, 0.1) is 3.57 Å². The first-order chi connectivity index (χ1) is 17.5. The van der Waals surface area contributed by atoms with Crippen LogP contribution in [0.15, 0.2) is 65.6 Å². The largest absolute Gasteiger partial charge is 0.488 e. The predicted octanol–water partition coefficient (Wildman–Crippen LogP) is 4.92. The van der Waals surface area contributed by atoms with Gasteiger partial charge in [-0.2, -0.15) is 0 Å². The minimum absolute atomic E-state index is 0.246. The fourth-order valence-electron chi connectivity index (χ4n) is 4.05. The van der Waals surface area contributed by atoms with Crippen molar-refractivity contribution in [2.75, 3.05) is 32.8 Å². The van der Waals surface area contributed by atoms with Crippen LogP contribution < -0.4 is 4.74 Å². The highest BCUT2D eigenvalue weighted by molar-refractivity contribution is 14.1. The number of amides is 3. The summed E-state index contributed by atoms with van der Waals surface area (Å²) >= 11 is 3.05. The molecule has 5 rings (SSSR count). The van der Waals surface area contributed by atoms with Gasteiger partial charge in [0.25, 0.3) is 11.1 Å². The summed E-state index contributed by atoms with van der Waals surface area (Å²) in [5.41, 5.74) is 1.86. The number of carbonyl (C=O) groups is 3. The lowest BCUT2D eigenvalue weighted by atomic mass is 10.1. The van der Waals surface area contributed by atoms with Crippen LogP contribution in [0.2, 0.25) is 0 Å². The Bertz CT molecular complexity index is 1370. The summed E-state index contributed by atoms with van der Waals surface area (Å²) < 4.78 is 12.2. The minimum Gasteiger partial charge on any atom is -0.488 e. The second kappa shape index (κ2) is 11.0. The van der Waals surface area contributed by atoms with Gasteiger partial charge in [0.05, 0.1) is 21.7 Å². The van der Waals surface area contributed by atoms with Crippen molar-refractivity contribution in [1.29, 1.82) is 0 Å². The number of ether oxygens (including phenoxy) is 2. The van der Waals surface area contributed by atoms with Crippen molar-refractivity contribution in [1.82, 2.24) is 9.80 Å². The van der Waals surface area contributed by atoms with E-state index in [-0.39, 0.29) is 12.5 Å². The number of imide groups is 1. The van der Waals surface area contributed by atoms with Crippen LogP contribution >= 0.6 is 34.4 Å². The Morgan fingerprint density at radius 2 is 1.81 bits per heavy atom. The molecule has 0 N–H and O–H groups in total. The molecule has 2 fully saturated rings. The van der Waals surface area contributed by atoms with Gasteiger partial charge in [-0.05, 0) is 80.5 Å². The highest BCUT2D eigenvalue weighted by Gasteiger charge is 2.37. The molecule has 0 radical (unpaired) electrons. The molecule has 0 atom stereocenters. The van der Waals surface area contributed by atoms with Crippen molar-refractivity contribution in [3.63, 3.8) is 0 Å². The molecule has 3 amide bonds. The average molecular weight is 614 g/mol. The monoisotopic (exact) mass is 614 g/mol. The lowest BCUT2D eigenvalue weighted by Crippen LogP contribution is -2.46. The summed E-state index contributed by atoms with van der Waals surface area (Å²) in [5.74, 6) is 0.0488. The van der Waals surface area contributed by atoms with Gasteiger partial charge >= 0.3 is 0 Å². The maximum Gasteiger partial charge on any atom is 0.294 e. The third kappa shape index (κ3) is 5.58. The molecular formula is C27H23IN2O5S. The zero-order valence-electron chi connectivity index (χ0n) is 19.3. The smallest absolute Gasteiger partial charge is 0.294 e. The number of nitrogens with zero attached hydrogens (tertiary/aromatic N) is 2. The first-order valence-electron chi connectivity index (χ1n) is 11.5. The summed E-state index contributed by atoms with van der Waals surface area (Å²) in [6.45, 7) is 2.07. The quantitative estimate of drug-likeness (QED) is 0.290. The molecule has 2 aliphatic heterocycles. The summed E-state index contributed by atoms with van der Waals surface area (Å²) in [6.07, 6.45) is 1.68. The third-order valence-corrected chi connectivity index (χ3v) is 7.74. The van der Waals surface area contributed by atoms with E-state index >= 15 is 0 Å². The summed E-state index contributed by atoms with van der Waals surface area (Å²) in [7, 11) is 0. The Morgan fingerprint density at radius 3 is 2.58 bits per heavy atom. The lowest BCUT2D eigenvalue weighted by molar-refractivity contribution is -0.139. The Kier molecular flexibility index (Phi) is 7.59. The zero-order valence-corrected chi connectivity index (χ0v) is 22.3. The molecule has 2 aliphatic rings. The minimum atomic E-state index is -0.446. The Hall–Kier alpha value is -2.89. The molecule has 2 saturated heterocycles. The van der Waals surface area contributed by atoms with E-state index in [0.29, 0.717) is 37.8 Å². The molecule has 0 saturated carbocycles. The number of carbonyl (C=O) groups excluding carboxylic acids is 3. The molecule has 0 spiro atoms. The molecule has 0 bridgehead atoms. The Balaban J connectivity index is 1.23. The molecular weight excluding hydrogens is 591 g/mol. The predicted molar refractivity (Wildman–Crippen MR) is 148 cm³/mol. The molecule has 0 unspecified atom stereocenters. The van der Waals surface area contributed by atoms with Gasteiger partial charge in [0, 0.05) is 13.1 Å². The van der Waals surface area contributed by atoms with Crippen molar-refractivity contribution >= 4 is 68.3 Å². The topological polar surface area (TPSA) is 76.2 Å². The van der Waals surface area contributed by atoms with E-state index in [2.05, 4.69) is 52.9 Å². The van der Waals surface area contributed by atoms with Crippen molar-refractivity contribution in [2.45, 2.75) is 6.61 Å². The Morgan fingerprint density at radius 1 is 1.03 bits per heavy atom. The summed E-state index contributed by atoms with van der Waals surface area (Å²) in [5, 5.41) is 1.93. The molecule has 184 valence electrons. The molecule has 0 aromatic heterocycles. The van der Waals surface area contributed by atoms with E-state index in [9.17, 15) is 14.4 Å². The number of rotatable bonds is 6. The molecule has 7 nitrogen and oxygen atoms in total. The highest BCUT2D eigenvalue weighted by atomic mass is 127. The van der Waals surface area contributed by atoms with Gasteiger partial charge < -0.3 is 14.4 Å². The summed E-state index contributed by atoms with van der Waals surface area (Å²) in [4.78, 5) is 40.7. The molecule has 3 aromatic rings. The van der Waals surface area contributed by atoms with E-state index in [1.54, 1.807) is 11.0 Å². The van der Waals surface area contributed by atoms with Crippen molar-refractivity contribution < 1.29 is 23.9 Å². The van der Waals surface area contributed by atoms with Gasteiger partial charge in [-0.25, -0.2) is 0 Å². The second-order valence-corrected chi connectivity index (χ2v) is 10.6. The van der Waals surface area contributed by atoms with E-state index < -0.39 is 11.1 Å². The van der Waals surface area contributed by atoms with Crippen LogP contribution in [0.1, 0.15) is 11.1 Å². The summed E-state index contributed by atoms with van der Waals surface area (Å²) in [6, 6.07) is 20.1. The third-order valence-electron chi connectivity index (χ3n) is 5.99. The van der Waals surface area contributed by atoms with Gasteiger partial charge in [-0.3, -0.25) is 19.3 Å². The van der Waals surface area contributed by atoms with Crippen LogP contribution in [-0.4, -0.2) is 59.7 Å². The van der Waals surface area contributed by atoms with Crippen molar-refractivity contribution in [3.8, 4) is 5.75 Å². The maximum absolute atomic E-state index is 12.8. The number of fused-ring (bicyclic) bond motifs is 1. The van der Waals surface area contributed by atoms with Crippen LogP contribution in [0.5, 0.6) is 5.75 Å². The molecule has 9 heteroatoms. The number of thioether (sulfide) groups is 1. The number of hydrogen-bond acceptors (Lipinski definition) is 6. The van der Waals surface area contributed by atoms with Gasteiger partial charge in [0.1, 0.15) is 18.9 Å². The van der Waals surface area contributed by atoms with Crippen LogP contribution in [0.25, 0.3) is 16.8 Å². The number of hydrogen-bond donors (Lipinski definition) is 0. The van der Waals surface area contributed by atoms with Gasteiger partial charge in [0.15, 0.2) is 0 Å². The van der Waals surface area contributed by atoms with Gasteiger partial charge in [-0.1, -0.05) is 42.5 Å². The van der Waals surface area contributed by atoms with E-state index in [0.717, 1.165) is 37.1 Å². The normalized spacial score (nSPS) is 17.3. The van der Waals surface area contributed by atoms with Crippen LogP contribution in [0.4, 0.5) is 4.79 Å². The number of benzene rings is 3. The second-order valence-electron chi connectivity index (χ2n) is 8.42. The first-order valence-corrected chi connectivity index (χ1v) is 13.4.